The Labute approximate surface area is 241 Å². The summed E-state index contributed by atoms with van der Waals surface area (Å²) in [7, 11) is 0. The third-order valence-corrected chi connectivity index (χ3v) is 7.53. The van der Waals surface area contributed by atoms with Crippen LogP contribution >= 0.6 is 23.5 Å². The van der Waals surface area contributed by atoms with Gasteiger partial charge in [-0.1, -0.05) is 59.9 Å². The van der Waals surface area contributed by atoms with Gasteiger partial charge in [0, 0.05) is 24.2 Å². The fraction of sp³-hybridized carbons (Fsp3) is 0.357. The van der Waals surface area contributed by atoms with Gasteiger partial charge in [-0.15, -0.1) is 20.4 Å². The van der Waals surface area contributed by atoms with E-state index in [-0.39, 0.29) is 23.4 Å². The molecule has 0 bridgehead atoms. The standard InChI is InChI=1S/C28H32N6O4S2/c1-3-37-25(35)19-39-27-31-29-23(33(27)21-13-7-5-8-14-21)17-11-12-18-24-30-32-28(40-20-26(36)38-4-2)34(24)22-15-9-6-10-16-22/h5-10,13-16H,3-4,11-12,17-20H2,1-2H3. The molecule has 0 aliphatic carbocycles. The number of hydrogen-bond donors (Lipinski definition) is 0. The Morgan fingerprint density at radius 1 is 0.650 bits per heavy atom. The van der Waals surface area contributed by atoms with Gasteiger partial charge in [0.25, 0.3) is 0 Å². The van der Waals surface area contributed by atoms with E-state index in [0.717, 1.165) is 35.9 Å². The second-order valence-electron chi connectivity index (χ2n) is 8.53. The first-order valence-corrected chi connectivity index (χ1v) is 15.1. The van der Waals surface area contributed by atoms with Crippen LogP contribution in [0.2, 0.25) is 0 Å². The minimum atomic E-state index is -0.279. The van der Waals surface area contributed by atoms with Gasteiger partial charge in [0.05, 0.1) is 24.7 Å². The summed E-state index contributed by atoms with van der Waals surface area (Å²) in [5, 5.41) is 18.9. The number of rotatable bonds is 15. The van der Waals surface area contributed by atoms with E-state index in [1.165, 1.54) is 23.5 Å². The number of aromatic nitrogens is 6. The number of esters is 2. The number of para-hydroxylation sites is 2. The summed E-state index contributed by atoms with van der Waals surface area (Å²) < 4.78 is 14.1. The molecule has 0 aliphatic heterocycles. The Balaban J connectivity index is 1.44. The SMILES string of the molecule is CCOC(=O)CSc1nnc(CCCCc2nnc(SCC(=O)OCC)n2-c2ccccc2)n1-c1ccccc1. The minimum absolute atomic E-state index is 0.171. The predicted molar refractivity (Wildman–Crippen MR) is 154 cm³/mol. The van der Waals surface area contributed by atoms with Crippen molar-refractivity contribution in [1.29, 1.82) is 0 Å². The first-order chi connectivity index (χ1) is 19.6. The van der Waals surface area contributed by atoms with Gasteiger partial charge in [-0.2, -0.15) is 0 Å². The Hall–Kier alpha value is -3.64. The molecule has 0 amide bonds. The lowest BCUT2D eigenvalue weighted by Gasteiger charge is -2.11. The van der Waals surface area contributed by atoms with E-state index in [4.69, 9.17) is 9.47 Å². The van der Waals surface area contributed by atoms with Crippen molar-refractivity contribution in [2.24, 2.45) is 0 Å². The summed E-state index contributed by atoms with van der Waals surface area (Å²) >= 11 is 2.63. The third-order valence-electron chi connectivity index (χ3n) is 5.73. The Kier molecular flexibility index (Phi) is 11.2. The molecule has 0 spiro atoms. The van der Waals surface area contributed by atoms with Crippen LogP contribution in [0.3, 0.4) is 0 Å². The van der Waals surface area contributed by atoms with Crippen molar-refractivity contribution >= 4 is 35.5 Å². The molecule has 0 saturated heterocycles. The van der Waals surface area contributed by atoms with Crippen molar-refractivity contribution < 1.29 is 19.1 Å². The Morgan fingerprint density at radius 3 is 1.43 bits per heavy atom. The average Bonchev–Trinajstić information content (AvgIpc) is 3.58. The van der Waals surface area contributed by atoms with Crippen molar-refractivity contribution in [3.8, 4) is 11.4 Å². The molecule has 2 heterocycles. The molecule has 0 saturated carbocycles. The highest BCUT2D eigenvalue weighted by Crippen LogP contribution is 2.25. The van der Waals surface area contributed by atoms with Gasteiger partial charge in [-0.3, -0.25) is 18.7 Å². The summed E-state index contributed by atoms with van der Waals surface area (Å²) in [6.07, 6.45) is 3.10. The van der Waals surface area contributed by atoms with E-state index >= 15 is 0 Å². The molecule has 0 N–H and O–H groups in total. The van der Waals surface area contributed by atoms with Gasteiger partial charge in [0.15, 0.2) is 10.3 Å². The maximum Gasteiger partial charge on any atom is 0.316 e. The van der Waals surface area contributed by atoms with Crippen LogP contribution in [0, 0.1) is 0 Å². The Morgan fingerprint density at radius 2 is 1.05 bits per heavy atom. The monoisotopic (exact) mass is 580 g/mol. The number of unbranched alkanes of at least 4 members (excludes halogenated alkanes) is 1. The van der Waals surface area contributed by atoms with E-state index in [2.05, 4.69) is 20.4 Å². The molecule has 0 aliphatic rings. The highest BCUT2D eigenvalue weighted by Gasteiger charge is 2.18. The van der Waals surface area contributed by atoms with Crippen molar-refractivity contribution in [1.82, 2.24) is 29.5 Å². The molecular weight excluding hydrogens is 548 g/mol. The first kappa shape index (κ1) is 29.3. The number of nitrogens with zero attached hydrogens (tertiary/aromatic N) is 6. The van der Waals surface area contributed by atoms with Crippen LogP contribution in [0.25, 0.3) is 11.4 Å². The Bertz CT molecular complexity index is 1270. The van der Waals surface area contributed by atoms with Crippen LogP contribution in [-0.4, -0.2) is 66.2 Å². The van der Waals surface area contributed by atoms with Crippen LogP contribution in [0.1, 0.15) is 38.3 Å². The molecule has 2 aromatic carbocycles. The van der Waals surface area contributed by atoms with E-state index in [1.807, 2.05) is 69.8 Å². The fourth-order valence-electron chi connectivity index (χ4n) is 4.00. The molecule has 12 heteroatoms. The normalized spacial score (nSPS) is 10.9. The molecule has 0 radical (unpaired) electrons. The topological polar surface area (TPSA) is 114 Å². The van der Waals surface area contributed by atoms with Gasteiger partial charge in [0.2, 0.25) is 0 Å². The maximum atomic E-state index is 11.9. The van der Waals surface area contributed by atoms with E-state index in [9.17, 15) is 9.59 Å². The summed E-state index contributed by atoms with van der Waals surface area (Å²) in [4.78, 5) is 23.8. The lowest BCUT2D eigenvalue weighted by molar-refractivity contribution is -0.140. The van der Waals surface area contributed by atoms with Crippen molar-refractivity contribution in [2.45, 2.75) is 49.8 Å². The minimum Gasteiger partial charge on any atom is -0.465 e. The highest BCUT2D eigenvalue weighted by molar-refractivity contribution is 8.00. The average molecular weight is 581 g/mol. The zero-order valence-electron chi connectivity index (χ0n) is 22.6. The first-order valence-electron chi connectivity index (χ1n) is 13.2. The summed E-state index contributed by atoms with van der Waals surface area (Å²) in [5.41, 5.74) is 1.89. The largest absolute Gasteiger partial charge is 0.465 e. The van der Waals surface area contributed by atoms with Crippen LogP contribution in [0.15, 0.2) is 71.0 Å². The van der Waals surface area contributed by atoms with Gasteiger partial charge in [0.1, 0.15) is 11.6 Å². The van der Waals surface area contributed by atoms with Gasteiger partial charge >= 0.3 is 11.9 Å². The molecule has 0 atom stereocenters. The molecule has 2 aromatic heterocycles. The highest BCUT2D eigenvalue weighted by atomic mass is 32.2. The summed E-state index contributed by atoms with van der Waals surface area (Å²) in [6, 6.07) is 19.8. The van der Waals surface area contributed by atoms with Gasteiger partial charge in [-0.05, 0) is 51.0 Å². The zero-order chi connectivity index (χ0) is 28.2. The van der Waals surface area contributed by atoms with Gasteiger partial charge in [-0.25, -0.2) is 0 Å². The number of benzene rings is 2. The van der Waals surface area contributed by atoms with Crippen molar-refractivity contribution in [3.63, 3.8) is 0 Å². The molecule has 4 aromatic rings. The molecule has 10 nitrogen and oxygen atoms in total. The maximum absolute atomic E-state index is 11.9. The van der Waals surface area contributed by atoms with Crippen LogP contribution in [0.4, 0.5) is 0 Å². The van der Waals surface area contributed by atoms with Crippen LogP contribution in [-0.2, 0) is 31.9 Å². The second-order valence-corrected chi connectivity index (χ2v) is 10.4. The molecule has 0 unspecified atom stereocenters. The van der Waals surface area contributed by atoms with Crippen LogP contribution < -0.4 is 0 Å². The van der Waals surface area contributed by atoms with E-state index in [1.54, 1.807) is 13.8 Å². The van der Waals surface area contributed by atoms with E-state index < -0.39 is 0 Å². The lowest BCUT2D eigenvalue weighted by atomic mass is 10.1. The molecular formula is C28H32N6O4S2. The number of ether oxygens (including phenoxy) is 2. The zero-order valence-corrected chi connectivity index (χ0v) is 24.2. The van der Waals surface area contributed by atoms with Crippen LogP contribution in [0.5, 0.6) is 0 Å². The number of carbonyl (C=O) groups excluding carboxylic acids is 2. The number of hydrogen-bond acceptors (Lipinski definition) is 10. The lowest BCUT2D eigenvalue weighted by Crippen LogP contribution is -2.09. The number of thioether (sulfide) groups is 2. The molecule has 40 heavy (non-hydrogen) atoms. The third kappa shape index (κ3) is 7.95. The van der Waals surface area contributed by atoms with Gasteiger partial charge < -0.3 is 9.47 Å². The summed E-state index contributed by atoms with van der Waals surface area (Å²) in [6.45, 7) is 4.27. The number of carbonyl (C=O) groups is 2. The van der Waals surface area contributed by atoms with Crippen molar-refractivity contribution in [3.05, 3.63) is 72.3 Å². The van der Waals surface area contributed by atoms with Crippen molar-refractivity contribution in [2.75, 3.05) is 24.7 Å². The van der Waals surface area contributed by atoms with E-state index in [0.29, 0.717) is 36.4 Å². The summed E-state index contributed by atoms with van der Waals surface area (Å²) in [5.74, 6) is 1.44. The number of aryl methyl sites for hydroxylation is 2. The molecule has 210 valence electrons. The second kappa shape index (κ2) is 15.2. The smallest absolute Gasteiger partial charge is 0.316 e. The molecule has 0 fully saturated rings. The molecule has 4 rings (SSSR count). The predicted octanol–water partition coefficient (Wildman–Crippen LogP) is 4.72. The quantitative estimate of drug-likeness (QED) is 0.111. The fourth-order valence-corrected chi connectivity index (χ4v) is 5.54.